The molecule has 1 N–H and O–H groups in total. The maximum absolute atomic E-state index is 9.52. The highest BCUT2D eigenvalue weighted by molar-refractivity contribution is 9.28. The standard InChI is InChI=1S/C10H10Br2O/c1-6-3-8(5-9(11)12)4-7(2)10(6)13/h3-5,13H,1-2H3. The summed E-state index contributed by atoms with van der Waals surface area (Å²) in [7, 11) is 0. The summed E-state index contributed by atoms with van der Waals surface area (Å²) in [5.41, 5.74) is 2.86. The molecule has 0 radical (unpaired) electrons. The smallest absolute Gasteiger partial charge is 0.121 e. The normalized spacial score (nSPS) is 9.85. The Balaban J connectivity index is 3.21. The summed E-state index contributed by atoms with van der Waals surface area (Å²) >= 11 is 6.59. The van der Waals surface area contributed by atoms with Gasteiger partial charge in [-0.05, 0) is 80.6 Å². The number of phenolic OH excluding ortho intramolecular Hbond substituents is 1. The van der Waals surface area contributed by atoms with E-state index in [0.717, 1.165) is 20.1 Å². The first-order valence-electron chi connectivity index (χ1n) is 3.83. The highest BCUT2D eigenvalue weighted by Gasteiger charge is 2.01. The van der Waals surface area contributed by atoms with Crippen molar-refractivity contribution in [1.29, 1.82) is 0 Å². The predicted molar refractivity (Wildman–Crippen MR) is 63.4 cm³/mol. The monoisotopic (exact) mass is 304 g/mol. The molecular weight excluding hydrogens is 296 g/mol. The number of aryl methyl sites for hydroxylation is 2. The van der Waals surface area contributed by atoms with Gasteiger partial charge < -0.3 is 5.11 Å². The molecule has 0 aliphatic heterocycles. The van der Waals surface area contributed by atoms with Crippen molar-refractivity contribution in [2.75, 3.05) is 0 Å². The lowest BCUT2D eigenvalue weighted by molar-refractivity contribution is 0.467. The fraction of sp³-hybridized carbons (Fsp3) is 0.200. The Morgan fingerprint density at radius 1 is 1.23 bits per heavy atom. The molecule has 0 spiro atoms. The minimum Gasteiger partial charge on any atom is -0.507 e. The summed E-state index contributed by atoms with van der Waals surface area (Å²) in [6.07, 6.45) is 1.94. The van der Waals surface area contributed by atoms with E-state index in [1.807, 2.05) is 32.1 Å². The van der Waals surface area contributed by atoms with E-state index < -0.39 is 0 Å². The Bertz CT molecular complexity index is 329. The Labute approximate surface area is 94.7 Å². The molecule has 0 fully saturated rings. The number of benzene rings is 1. The first-order valence-corrected chi connectivity index (χ1v) is 5.42. The Hall–Kier alpha value is -0.280. The van der Waals surface area contributed by atoms with E-state index in [1.165, 1.54) is 0 Å². The largest absolute Gasteiger partial charge is 0.507 e. The van der Waals surface area contributed by atoms with Gasteiger partial charge in [-0.15, -0.1) is 0 Å². The zero-order valence-electron chi connectivity index (χ0n) is 7.44. The summed E-state index contributed by atoms with van der Waals surface area (Å²) in [5, 5.41) is 9.52. The molecule has 0 saturated carbocycles. The summed E-state index contributed by atoms with van der Waals surface area (Å²) in [6.45, 7) is 3.78. The first-order chi connectivity index (χ1) is 6.00. The Morgan fingerprint density at radius 3 is 2.08 bits per heavy atom. The van der Waals surface area contributed by atoms with Crippen LogP contribution in [0, 0.1) is 13.8 Å². The third kappa shape index (κ3) is 2.85. The lowest BCUT2D eigenvalue weighted by Gasteiger charge is -2.04. The van der Waals surface area contributed by atoms with Gasteiger partial charge in [0.05, 0.1) is 3.39 Å². The zero-order chi connectivity index (χ0) is 10.0. The molecule has 0 amide bonds. The SMILES string of the molecule is Cc1cc(C=C(Br)Br)cc(C)c1O. The van der Waals surface area contributed by atoms with Crippen LogP contribution in [0.4, 0.5) is 0 Å². The topological polar surface area (TPSA) is 20.2 Å². The first kappa shape index (κ1) is 10.8. The molecule has 0 aliphatic carbocycles. The van der Waals surface area contributed by atoms with Crippen LogP contribution in [-0.4, -0.2) is 5.11 Å². The van der Waals surface area contributed by atoms with Crippen molar-refractivity contribution in [3.8, 4) is 5.75 Å². The molecule has 1 nitrogen and oxygen atoms in total. The van der Waals surface area contributed by atoms with Gasteiger partial charge in [-0.3, -0.25) is 0 Å². The zero-order valence-corrected chi connectivity index (χ0v) is 10.6. The Kier molecular flexibility index (Phi) is 3.56. The number of hydrogen-bond acceptors (Lipinski definition) is 1. The predicted octanol–water partition coefficient (Wildman–Crippen LogP) is 4.10. The maximum atomic E-state index is 9.52. The summed E-state index contributed by atoms with van der Waals surface area (Å²) < 4.78 is 0.893. The van der Waals surface area contributed by atoms with Gasteiger partial charge >= 0.3 is 0 Å². The highest BCUT2D eigenvalue weighted by atomic mass is 79.9. The lowest BCUT2D eigenvalue weighted by Crippen LogP contribution is -1.82. The number of rotatable bonds is 1. The van der Waals surface area contributed by atoms with Crippen LogP contribution < -0.4 is 0 Å². The van der Waals surface area contributed by atoms with Gasteiger partial charge in [-0.25, -0.2) is 0 Å². The summed E-state index contributed by atoms with van der Waals surface area (Å²) in [6, 6.07) is 3.87. The van der Waals surface area contributed by atoms with E-state index in [0.29, 0.717) is 5.75 Å². The number of phenols is 1. The van der Waals surface area contributed by atoms with Crippen molar-refractivity contribution in [2.45, 2.75) is 13.8 Å². The van der Waals surface area contributed by atoms with Crippen molar-refractivity contribution in [1.82, 2.24) is 0 Å². The van der Waals surface area contributed by atoms with Crippen molar-refractivity contribution < 1.29 is 5.11 Å². The number of halogens is 2. The highest BCUT2D eigenvalue weighted by Crippen LogP contribution is 2.26. The molecule has 1 aromatic carbocycles. The molecule has 0 heterocycles. The van der Waals surface area contributed by atoms with Gasteiger partial charge in [0.1, 0.15) is 5.75 Å². The van der Waals surface area contributed by atoms with E-state index in [-0.39, 0.29) is 0 Å². The van der Waals surface area contributed by atoms with Gasteiger partial charge in [-0.2, -0.15) is 0 Å². The van der Waals surface area contributed by atoms with Crippen LogP contribution >= 0.6 is 31.9 Å². The molecule has 0 atom stereocenters. The average molecular weight is 306 g/mol. The fourth-order valence-corrected chi connectivity index (χ4v) is 1.73. The molecular formula is C10H10Br2O. The second-order valence-electron chi connectivity index (χ2n) is 2.94. The van der Waals surface area contributed by atoms with Crippen molar-refractivity contribution >= 4 is 37.9 Å². The van der Waals surface area contributed by atoms with Crippen LogP contribution in [0.1, 0.15) is 16.7 Å². The van der Waals surface area contributed by atoms with Crippen molar-refractivity contribution in [3.05, 3.63) is 32.2 Å². The van der Waals surface area contributed by atoms with Gasteiger partial charge in [0, 0.05) is 0 Å². The van der Waals surface area contributed by atoms with Gasteiger partial charge in [0.15, 0.2) is 0 Å². The third-order valence-corrected chi connectivity index (χ3v) is 2.25. The maximum Gasteiger partial charge on any atom is 0.121 e. The van der Waals surface area contributed by atoms with Gasteiger partial charge in [0.2, 0.25) is 0 Å². The van der Waals surface area contributed by atoms with E-state index >= 15 is 0 Å². The van der Waals surface area contributed by atoms with Crippen LogP contribution in [0.2, 0.25) is 0 Å². The summed E-state index contributed by atoms with van der Waals surface area (Å²) in [4.78, 5) is 0. The minimum absolute atomic E-state index is 0.378. The van der Waals surface area contributed by atoms with Gasteiger partial charge in [0.25, 0.3) is 0 Å². The van der Waals surface area contributed by atoms with Crippen molar-refractivity contribution in [3.63, 3.8) is 0 Å². The fourth-order valence-electron chi connectivity index (χ4n) is 1.20. The van der Waals surface area contributed by atoms with E-state index in [4.69, 9.17) is 0 Å². The molecule has 70 valence electrons. The number of aromatic hydroxyl groups is 1. The average Bonchev–Trinajstić information content (AvgIpc) is 1.98. The quantitative estimate of drug-likeness (QED) is 0.828. The van der Waals surface area contributed by atoms with Crippen molar-refractivity contribution in [2.24, 2.45) is 0 Å². The molecule has 0 aliphatic rings. The molecule has 0 unspecified atom stereocenters. The second-order valence-corrected chi connectivity index (χ2v) is 5.71. The lowest BCUT2D eigenvalue weighted by atomic mass is 10.1. The van der Waals surface area contributed by atoms with E-state index in [2.05, 4.69) is 31.9 Å². The Morgan fingerprint density at radius 2 is 1.69 bits per heavy atom. The van der Waals surface area contributed by atoms with Crippen LogP contribution in [0.5, 0.6) is 5.75 Å². The van der Waals surface area contributed by atoms with Crippen LogP contribution in [0.3, 0.4) is 0 Å². The van der Waals surface area contributed by atoms with Crippen LogP contribution in [0.15, 0.2) is 15.5 Å². The molecule has 13 heavy (non-hydrogen) atoms. The molecule has 0 saturated heterocycles. The van der Waals surface area contributed by atoms with E-state index in [1.54, 1.807) is 0 Å². The van der Waals surface area contributed by atoms with Crippen LogP contribution in [0.25, 0.3) is 6.08 Å². The molecule has 1 rings (SSSR count). The summed E-state index contributed by atoms with van der Waals surface area (Å²) in [5.74, 6) is 0.378. The minimum atomic E-state index is 0.378. The van der Waals surface area contributed by atoms with E-state index in [9.17, 15) is 5.11 Å². The number of hydrogen-bond donors (Lipinski definition) is 1. The second kappa shape index (κ2) is 4.29. The molecule has 3 heteroatoms. The van der Waals surface area contributed by atoms with Gasteiger partial charge in [-0.1, -0.05) is 0 Å². The molecule has 1 aromatic rings. The third-order valence-electron chi connectivity index (χ3n) is 1.79. The molecule has 0 aromatic heterocycles. The van der Waals surface area contributed by atoms with Crippen LogP contribution in [-0.2, 0) is 0 Å². The molecule has 0 bridgehead atoms.